The Labute approximate surface area is 175 Å². The Balaban J connectivity index is 1.64. The third-order valence-electron chi connectivity index (χ3n) is 5.35. The van der Waals surface area contributed by atoms with Crippen LogP contribution in [0.2, 0.25) is 0 Å². The molecule has 0 saturated carbocycles. The highest BCUT2D eigenvalue weighted by atomic mass is 16.2. The highest BCUT2D eigenvalue weighted by molar-refractivity contribution is 6.06. The van der Waals surface area contributed by atoms with Crippen LogP contribution in [0.1, 0.15) is 45.8 Å². The van der Waals surface area contributed by atoms with E-state index in [-0.39, 0.29) is 5.91 Å². The van der Waals surface area contributed by atoms with E-state index in [1.165, 1.54) is 6.42 Å². The fraction of sp³-hybridized carbons (Fsp3) is 0.261. The van der Waals surface area contributed by atoms with E-state index >= 15 is 0 Å². The number of piperidine rings is 1. The average Bonchev–Trinajstić information content (AvgIpc) is 3.16. The quantitative estimate of drug-likeness (QED) is 0.682. The summed E-state index contributed by atoms with van der Waals surface area (Å²) in [6.07, 6.45) is 3.41. The maximum atomic E-state index is 13.0. The van der Waals surface area contributed by atoms with Gasteiger partial charge in [-0.15, -0.1) is 0 Å². The van der Waals surface area contributed by atoms with Crippen LogP contribution in [0.25, 0.3) is 5.69 Å². The van der Waals surface area contributed by atoms with Crippen LogP contribution in [0.4, 0.5) is 11.4 Å². The van der Waals surface area contributed by atoms with Gasteiger partial charge >= 0.3 is 0 Å². The van der Waals surface area contributed by atoms with Crippen LogP contribution >= 0.6 is 0 Å². The van der Waals surface area contributed by atoms with Crippen LogP contribution in [0.5, 0.6) is 0 Å². The number of para-hydroxylation sites is 1. The molecule has 2 heterocycles. The number of hydrogen-bond donors (Lipinski definition) is 2. The maximum absolute atomic E-state index is 13.0. The van der Waals surface area contributed by atoms with Crippen molar-refractivity contribution >= 4 is 23.2 Å². The van der Waals surface area contributed by atoms with Crippen LogP contribution in [-0.4, -0.2) is 34.7 Å². The summed E-state index contributed by atoms with van der Waals surface area (Å²) < 4.78 is 1.74. The molecule has 1 saturated heterocycles. The predicted octanol–water partition coefficient (Wildman–Crippen LogP) is 3.52. The molecule has 1 aromatic heterocycles. The monoisotopic (exact) mass is 403 g/mol. The minimum atomic E-state index is -0.528. The topological polar surface area (TPSA) is 93.2 Å². The van der Waals surface area contributed by atoms with Crippen molar-refractivity contribution in [3.8, 4) is 5.69 Å². The Morgan fingerprint density at radius 3 is 2.43 bits per heavy atom. The number of aryl methyl sites for hydroxylation is 1. The van der Waals surface area contributed by atoms with E-state index in [4.69, 9.17) is 5.73 Å². The fourth-order valence-electron chi connectivity index (χ4n) is 3.80. The molecule has 0 bridgehead atoms. The molecule has 3 N–H and O–H groups in total. The summed E-state index contributed by atoms with van der Waals surface area (Å²) >= 11 is 0. The summed E-state index contributed by atoms with van der Waals surface area (Å²) in [5.74, 6) is -0.854. The zero-order valence-corrected chi connectivity index (χ0v) is 17.0. The molecule has 2 amide bonds. The Morgan fingerprint density at radius 1 is 1.00 bits per heavy atom. The predicted molar refractivity (Wildman–Crippen MR) is 117 cm³/mol. The molecule has 1 aliphatic heterocycles. The second-order valence-electron chi connectivity index (χ2n) is 7.52. The number of nitrogens with zero attached hydrogens (tertiary/aromatic N) is 3. The van der Waals surface area contributed by atoms with Crippen molar-refractivity contribution < 1.29 is 9.59 Å². The van der Waals surface area contributed by atoms with Crippen molar-refractivity contribution in [1.82, 2.24) is 9.78 Å². The molecule has 0 aliphatic carbocycles. The lowest BCUT2D eigenvalue weighted by molar-refractivity contribution is 0.0995. The zero-order valence-electron chi connectivity index (χ0n) is 17.0. The van der Waals surface area contributed by atoms with Crippen molar-refractivity contribution in [3.63, 3.8) is 0 Å². The standard InChI is InChI=1S/C23H25N5O2/c1-16-14-20(26-28(16)18-8-4-2-5-9-18)23(30)25-19-15-17(22(24)29)10-11-21(19)27-12-6-3-7-13-27/h2,4-5,8-11,14-15H,3,6-7,12-13H2,1H3,(H2,24,29)(H,25,30). The van der Waals surface area contributed by atoms with Crippen molar-refractivity contribution in [1.29, 1.82) is 0 Å². The normalized spacial score (nSPS) is 13.8. The number of rotatable bonds is 5. The van der Waals surface area contributed by atoms with Crippen molar-refractivity contribution in [2.45, 2.75) is 26.2 Å². The van der Waals surface area contributed by atoms with Gasteiger partial charge < -0.3 is 16.0 Å². The van der Waals surface area contributed by atoms with Crippen LogP contribution < -0.4 is 16.0 Å². The van der Waals surface area contributed by atoms with Crippen molar-refractivity contribution in [2.24, 2.45) is 5.73 Å². The number of hydrogen-bond acceptors (Lipinski definition) is 4. The van der Waals surface area contributed by atoms with Gasteiger partial charge in [0.25, 0.3) is 5.91 Å². The van der Waals surface area contributed by atoms with Gasteiger partial charge in [0.2, 0.25) is 5.91 Å². The fourth-order valence-corrected chi connectivity index (χ4v) is 3.80. The van der Waals surface area contributed by atoms with Crippen molar-refractivity contribution in [3.05, 3.63) is 71.5 Å². The average molecular weight is 403 g/mol. The molecule has 4 rings (SSSR count). The lowest BCUT2D eigenvalue weighted by atomic mass is 10.1. The smallest absolute Gasteiger partial charge is 0.276 e. The first-order valence-electron chi connectivity index (χ1n) is 10.1. The van der Waals surface area contributed by atoms with Gasteiger partial charge in [0.15, 0.2) is 5.69 Å². The molecule has 0 atom stereocenters. The number of anilines is 2. The number of aromatic nitrogens is 2. The molecule has 0 radical (unpaired) electrons. The SMILES string of the molecule is Cc1cc(C(=O)Nc2cc(C(N)=O)ccc2N2CCCCC2)nn1-c1ccccc1. The summed E-state index contributed by atoms with van der Waals surface area (Å²) in [5, 5.41) is 7.42. The van der Waals surface area contributed by atoms with Crippen LogP contribution in [0, 0.1) is 6.92 Å². The molecule has 7 heteroatoms. The number of carbonyl (C=O) groups is 2. The van der Waals surface area contributed by atoms with Gasteiger partial charge in [-0.1, -0.05) is 18.2 Å². The molecule has 0 unspecified atom stereocenters. The van der Waals surface area contributed by atoms with E-state index in [1.54, 1.807) is 22.9 Å². The minimum Gasteiger partial charge on any atom is -0.370 e. The molecule has 1 fully saturated rings. The highest BCUT2D eigenvalue weighted by Crippen LogP contribution is 2.30. The Kier molecular flexibility index (Phi) is 5.52. The molecule has 1 aliphatic rings. The first-order valence-corrected chi connectivity index (χ1v) is 10.1. The minimum absolute atomic E-state index is 0.311. The van der Waals surface area contributed by atoms with E-state index < -0.39 is 5.91 Å². The van der Waals surface area contributed by atoms with Gasteiger partial charge in [-0.05, 0) is 62.6 Å². The second kappa shape index (κ2) is 8.41. The van der Waals surface area contributed by atoms with E-state index in [0.29, 0.717) is 16.9 Å². The number of primary amides is 1. The molecule has 3 aromatic rings. The van der Waals surface area contributed by atoms with Gasteiger partial charge in [-0.2, -0.15) is 5.10 Å². The molecule has 154 valence electrons. The van der Waals surface area contributed by atoms with E-state index in [9.17, 15) is 9.59 Å². The highest BCUT2D eigenvalue weighted by Gasteiger charge is 2.20. The molecular formula is C23H25N5O2. The summed E-state index contributed by atoms with van der Waals surface area (Å²) in [6, 6.07) is 16.6. The third kappa shape index (κ3) is 4.05. The maximum Gasteiger partial charge on any atom is 0.276 e. The summed E-state index contributed by atoms with van der Waals surface area (Å²) in [4.78, 5) is 26.9. The number of nitrogens with one attached hydrogen (secondary N) is 1. The Bertz CT molecular complexity index is 1070. The summed E-state index contributed by atoms with van der Waals surface area (Å²) in [6.45, 7) is 3.74. The Hall–Kier alpha value is -3.61. The van der Waals surface area contributed by atoms with Gasteiger partial charge in [0.05, 0.1) is 17.1 Å². The largest absolute Gasteiger partial charge is 0.370 e. The molecule has 30 heavy (non-hydrogen) atoms. The van der Waals surface area contributed by atoms with Gasteiger partial charge in [-0.3, -0.25) is 9.59 Å². The van der Waals surface area contributed by atoms with E-state index in [0.717, 1.165) is 43.0 Å². The third-order valence-corrected chi connectivity index (χ3v) is 5.35. The second-order valence-corrected chi connectivity index (χ2v) is 7.52. The van der Waals surface area contributed by atoms with Crippen molar-refractivity contribution in [2.75, 3.05) is 23.3 Å². The number of benzene rings is 2. The summed E-state index contributed by atoms with van der Waals surface area (Å²) in [7, 11) is 0. The van der Waals surface area contributed by atoms with Crippen LogP contribution in [-0.2, 0) is 0 Å². The van der Waals surface area contributed by atoms with Crippen LogP contribution in [0.3, 0.4) is 0 Å². The summed E-state index contributed by atoms with van der Waals surface area (Å²) in [5.41, 5.74) is 9.34. The number of nitrogens with two attached hydrogens (primary N) is 1. The van der Waals surface area contributed by atoms with Crippen LogP contribution in [0.15, 0.2) is 54.6 Å². The number of amides is 2. The first-order chi connectivity index (χ1) is 14.5. The van der Waals surface area contributed by atoms with Gasteiger partial charge in [0.1, 0.15) is 0 Å². The molecular weight excluding hydrogens is 378 g/mol. The molecule has 2 aromatic carbocycles. The zero-order chi connectivity index (χ0) is 21.1. The van der Waals surface area contributed by atoms with E-state index in [1.807, 2.05) is 43.3 Å². The Morgan fingerprint density at radius 2 is 1.73 bits per heavy atom. The molecule has 7 nitrogen and oxygen atoms in total. The van der Waals surface area contributed by atoms with Gasteiger partial charge in [0, 0.05) is 24.3 Å². The van der Waals surface area contributed by atoms with Gasteiger partial charge in [-0.25, -0.2) is 4.68 Å². The number of carbonyl (C=O) groups excluding carboxylic acids is 2. The van der Waals surface area contributed by atoms with E-state index in [2.05, 4.69) is 15.3 Å². The lowest BCUT2D eigenvalue weighted by Crippen LogP contribution is -2.30. The molecule has 0 spiro atoms. The lowest BCUT2D eigenvalue weighted by Gasteiger charge is -2.30. The first kappa shape index (κ1) is 19.7.